The molecule has 0 rings (SSSR count). The van der Waals surface area contributed by atoms with Crippen molar-refractivity contribution in [3.63, 3.8) is 0 Å². The van der Waals surface area contributed by atoms with Crippen LogP contribution >= 0.6 is 0 Å². The molecule has 5 N–H and O–H groups in total. The molecule has 4 unspecified atom stereocenters. The molecule has 0 fully saturated rings. The topological polar surface area (TPSA) is 127 Å². The van der Waals surface area contributed by atoms with E-state index < -0.39 is 36.7 Å². The van der Waals surface area contributed by atoms with Crippen molar-refractivity contribution in [3.8, 4) is 0 Å². The summed E-state index contributed by atoms with van der Waals surface area (Å²) in [5.74, 6) is -1.38. The maximum absolute atomic E-state index is 11.7. The molecule has 21 heavy (non-hydrogen) atoms. The number of carbonyl (C=O) groups excluding carboxylic acids is 2. The number of rotatable bonds is 11. The predicted octanol–water partition coefficient (Wildman–Crippen LogP) is -1.04. The lowest BCUT2D eigenvalue weighted by Gasteiger charge is -2.26. The van der Waals surface area contributed by atoms with Crippen molar-refractivity contribution >= 4 is 11.7 Å². The summed E-state index contributed by atoms with van der Waals surface area (Å²) in [6.45, 7) is 2.89. The van der Waals surface area contributed by atoms with Crippen LogP contribution in [-0.2, 0) is 9.59 Å². The van der Waals surface area contributed by atoms with Gasteiger partial charge in [0.1, 0.15) is 18.0 Å². The van der Waals surface area contributed by atoms with Crippen LogP contribution in [0.1, 0.15) is 39.5 Å². The second-order valence-electron chi connectivity index (χ2n) is 5.18. The van der Waals surface area contributed by atoms with Gasteiger partial charge in [0.2, 0.25) is 5.91 Å². The highest BCUT2D eigenvalue weighted by Crippen LogP contribution is 2.12. The normalized spacial score (nSPS) is 16.9. The van der Waals surface area contributed by atoms with Gasteiger partial charge >= 0.3 is 0 Å². The Bertz CT molecular complexity index is 323. The predicted molar refractivity (Wildman–Crippen MR) is 76.4 cm³/mol. The minimum Gasteiger partial charge on any atom is -0.394 e. The Morgan fingerprint density at radius 2 is 1.76 bits per heavy atom. The van der Waals surface area contributed by atoms with Gasteiger partial charge in [0, 0.05) is 25.3 Å². The summed E-state index contributed by atoms with van der Waals surface area (Å²) in [7, 11) is 0. The summed E-state index contributed by atoms with van der Waals surface area (Å²) in [5.41, 5.74) is 0. The SMILES string of the molecule is CCC(=O)CCCCNC(=O)C(O)C(C)C(O)C(O)CO. The third-order valence-corrected chi connectivity index (χ3v) is 3.46. The third kappa shape index (κ3) is 7.52. The molecule has 7 nitrogen and oxygen atoms in total. The molecule has 0 aliphatic heterocycles. The van der Waals surface area contributed by atoms with Crippen molar-refractivity contribution in [1.29, 1.82) is 0 Å². The third-order valence-electron chi connectivity index (χ3n) is 3.46. The highest BCUT2D eigenvalue weighted by molar-refractivity contribution is 5.80. The lowest BCUT2D eigenvalue weighted by Crippen LogP contribution is -2.47. The smallest absolute Gasteiger partial charge is 0.249 e. The number of carbonyl (C=O) groups is 2. The molecular formula is C14H27NO6. The molecule has 0 aromatic heterocycles. The van der Waals surface area contributed by atoms with Crippen molar-refractivity contribution in [2.24, 2.45) is 5.92 Å². The van der Waals surface area contributed by atoms with Gasteiger partial charge in [0.15, 0.2) is 0 Å². The zero-order chi connectivity index (χ0) is 16.4. The molecule has 1 amide bonds. The maximum atomic E-state index is 11.7. The van der Waals surface area contributed by atoms with Gasteiger partial charge in [-0.1, -0.05) is 13.8 Å². The van der Waals surface area contributed by atoms with Crippen molar-refractivity contribution < 1.29 is 30.0 Å². The number of ketones is 1. The molecule has 4 atom stereocenters. The number of unbranched alkanes of at least 4 members (excludes halogenated alkanes) is 1. The summed E-state index contributed by atoms with van der Waals surface area (Å²) in [4.78, 5) is 22.7. The summed E-state index contributed by atoms with van der Waals surface area (Å²) in [6, 6.07) is 0. The first-order valence-electron chi connectivity index (χ1n) is 7.29. The fraction of sp³-hybridized carbons (Fsp3) is 0.857. The Hall–Kier alpha value is -1.02. The van der Waals surface area contributed by atoms with Crippen LogP contribution in [0, 0.1) is 5.92 Å². The van der Waals surface area contributed by atoms with Crippen LogP contribution in [0.15, 0.2) is 0 Å². The van der Waals surface area contributed by atoms with E-state index in [-0.39, 0.29) is 5.78 Å². The molecule has 124 valence electrons. The number of amides is 1. The van der Waals surface area contributed by atoms with E-state index in [1.54, 1.807) is 6.92 Å². The number of Topliss-reactive ketones (excluding diaryl/α,β-unsaturated/α-hetero) is 1. The van der Waals surface area contributed by atoms with Gasteiger partial charge in [-0.2, -0.15) is 0 Å². The minimum absolute atomic E-state index is 0.177. The van der Waals surface area contributed by atoms with Gasteiger partial charge in [-0.05, 0) is 12.8 Å². The van der Waals surface area contributed by atoms with Crippen LogP contribution in [0.5, 0.6) is 0 Å². The van der Waals surface area contributed by atoms with Crippen LogP contribution in [0.4, 0.5) is 0 Å². The van der Waals surface area contributed by atoms with E-state index in [4.69, 9.17) is 5.11 Å². The van der Waals surface area contributed by atoms with Gasteiger partial charge < -0.3 is 25.7 Å². The first-order chi connectivity index (χ1) is 9.84. The molecule has 0 spiro atoms. The highest BCUT2D eigenvalue weighted by atomic mass is 16.4. The second kappa shape index (κ2) is 10.7. The largest absolute Gasteiger partial charge is 0.394 e. The summed E-state index contributed by atoms with van der Waals surface area (Å²) in [5, 5.41) is 39.9. The Kier molecular flexibility index (Phi) is 10.2. The number of hydrogen-bond donors (Lipinski definition) is 5. The van der Waals surface area contributed by atoms with Crippen LogP contribution < -0.4 is 5.32 Å². The molecule has 7 heteroatoms. The Balaban J connectivity index is 4.02. The van der Waals surface area contributed by atoms with Crippen molar-refractivity contribution in [1.82, 2.24) is 5.32 Å². The zero-order valence-corrected chi connectivity index (χ0v) is 12.7. The first-order valence-corrected chi connectivity index (χ1v) is 7.29. The van der Waals surface area contributed by atoms with Crippen molar-refractivity contribution in [2.75, 3.05) is 13.2 Å². The average Bonchev–Trinajstić information content (AvgIpc) is 2.50. The molecule has 0 aliphatic rings. The van der Waals surface area contributed by atoms with Crippen LogP contribution in [-0.4, -0.2) is 63.6 Å². The van der Waals surface area contributed by atoms with E-state index >= 15 is 0 Å². The van der Waals surface area contributed by atoms with E-state index in [9.17, 15) is 24.9 Å². The summed E-state index contributed by atoms with van der Waals surface area (Å²) in [6.07, 6.45) is -1.98. The van der Waals surface area contributed by atoms with Gasteiger partial charge in [-0.25, -0.2) is 0 Å². The van der Waals surface area contributed by atoms with Gasteiger partial charge in [0.25, 0.3) is 0 Å². The highest BCUT2D eigenvalue weighted by Gasteiger charge is 2.31. The number of aliphatic hydroxyl groups is 4. The maximum Gasteiger partial charge on any atom is 0.249 e. The Labute approximate surface area is 125 Å². The quantitative estimate of drug-likeness (QED) is 0.310. The lowest BCUT2D eigenvalue weighted by molar-refractivity contribution is -0.137. The minimum atomic E-state index is -1.47. The summed E-state index contributed by atoms with van der Waals surface area (Å²) >= 11 is 0. The first kappa shape index (κ1) is 20.0. The molecule has 0 saturated heterocycles. The molecule has 0 aromatic carbocycles. The van der Waals surface area contributed by atoms with Gasteiger partial charge in [-0.15, -0.1) is 0 Å². The molecular weight excluding hydrogens is 278 g/mol. The molecule has 0 bridgehead atoms. The Morgan fingerprint density at radius 1 is 1.14 bits per heavy atom. The monoisotopic (exact) mass is 305 g/mol. The average molecular weight is 305 g/mol. The fourth-order valence-corrected chi connectivity index (χ4v) is 1.82. The standard InChI is InChI=1S/C14H27NO6/c1-3-10(17)6-4-5-7-15-14(21)13(20)9(2)12(19)11(18)8-16/h9,11-13,16,18-20H,3-8H2,1-2H3,(H,15,21). The molecule has 0 aromatic rings. The van der Waals surface area contributed by atoms with E-state index in [1.807, 2.05) is 0 Å². The van der Waals surface area contributed by atoms with E-state index in [0.717, 1.165) is 0 Å². The number of hydrogen-bond acceptors (Lipinski definition) is 6. The van der Waals surface area contributed by atoms with Crippen molar-refractivity contribution in [3.05, 3.63) is 0 Å². The van der Waals surface area contributed by atoms with E-state index in [2.05, 4.69) is 5.32 Å². The van der Waals surface area contributed by atoms with Crippen molar-refractivity contribution in [2.45, 2.75) is 57.8 Å². The molecule has 0 heterocycles. The van der Waals surface area contributed by atoms with Gasteiger partial charge in [0.05, 0.1) is 12.7 Å². The lowest BCUT2D eigenvalue weighted by atomic mass is 9.94. The van der Waals surface area contributed by atoms with Crippen LogP contribution in [0.3, 0.4) is 0 Å². The molecule has 0 aliphatic carbocycles. The zero-order valence-electron chi connectivity index (χ0n) is 12.7. The number of aliphatic hydroxyl groups excluding tert-OH is 4. The molecule has 0 radical (unpaired) electrons. The van der Waals surface area contributed by atoms with E-state index in [1.165, 1.54) is 6.92 Å². The second-order valence-corrected chi connectivity index (χ2v) is 5.18. The summed E-state index contributed by atoms with van der Waals surface area (Å²) < 4.78 is 0. The van der Waals surface area contributed by atoms with Gasteiger partial charge in [-0.3, -0.25) is 9.59 Å². The number of nitrogens with one attached hydrogen (secondary N) is 1. The van der Waals surface area contributed by atoms with Crippen LogP contribution in [0.2, 0.25) is 0 Å². The van der Waals surface area contributed by atoms with Crippen LogP contribution in [0.25, 0.3) is 0 Å². The molecule has 0 saturated carbocycles. The fourth-order valence-electron chi connectivity index (χ4n) is 1.82. The van der Waals surface area contributed by atoms with E-state index in [0.29, 0.717) is 32.2 Å². The Morgan fingerprint density at radius 3 is 2.29 bits per heavy atom.